The number of rotatable bonds is 12. The van der Waals surface area contributed by atoms with Crippen molar-refractivity contribution in [2.75, 3.05) is 33.5 Å². The number of hydrogen-bond acceptors (Lipinski definition) is 15. The number of aliphatic hydroxyl groups is 5. The first-order chi connectivity index (χ1) is 20.9. The Morgan fingerprint density at radius 2 is 1.73 bits per heavy atom. The van der Waals surface area contributed by atoms with Gasteiger partial charge in [-0.15, -0.1) is 0 Å². The van der Waals surface area contributed by atoms with Crippen molar-refractivity contribution in [2.24, 2.45) is 0 Å². The van der Waals surface area contributed by atoms with E-state index >= 15 is 0 Å². The molecule has 2 aromatic rings. The SMILES string of the molecule is COc1ccc(/C=C/C(=O)OC[C@@]2(O)CO[C@@H](OC[C@H]3O[C@@H](OCCc4ccc(O)c(O)c4)[C@H](O)[C@@H](O)[C@@H]3O)[C@@H]2O)cc1O. The van der Waals surface area contributed by atoms with Crippen molar-refractivity contribution in [2.45, 2.75) is 55.1 Å². The fraction of sp³-hybridized carbons (Fsp3) is 0.483. The lowest BCUT2D eigenvalue weighted by Gasteiger charge is -2.40. The Bertz CT molecular complexity index is 1300. The molecule has 2 aliphatic heterocycles. The standard InChI is InChI=1S/C29H36O15/c1-39-20-6-3-15(11-19(20)32)4-7-22(33)42-13-29(38)14-43-28(26(29)37)41-12-21-23(34)24(35)25(36)27(44-21)40-9-8-16-2-5-17(30)18(31)10-16/h2-7,10-11,21,23-28,30-32,34-38H,8-9,12-14H2,1H3/b7-4+/t21-,23-,24+,25-,26+,27-,28-,29-/m1/s1. The zero-order valence-electron chi connectivity index (χ0n) is 23.6. The minimum atomic E-state index is -2.03. The average molecular weight is 625 g/mol. The van der Waals surface area contributed by atoms with E-state index in [4.69, 9.17) is 28.4 Å². The van der Waals surface area contributed by atoms with Crippen molar-refractivity contribution in [3.63, 3.8) is 0 Å². The second-order valence-electron chi connectivity index (χ2n) is 10.4. The van der Waals surface area contributed by atoms with Gasteiger partial charge >= 0.3 is 5.97 Å². The molecule has 0 bridgehead atoms. The second-order valence-corrected chi connectivity index (χ2v) is 10.4. The summed E-state index contributed by atoms with van der Waals surface area (Å²) in [5, 5.41) is 81.3. The Kier molecular flexibility index (Phi) is 11.0. The Morgan fingerprint density at radius 3 is 2.43 bits per heavy atom. The minimum absolute atomic E-state index is 0.0176. The minimum Gasteiger partial charge on any atom is -0.504 e. The van der Waals surface area contributed by atoms with Gasteiger partial charge in [-0.05, 0) is 47.9 Å². The number of phenolic OH excluding ortho intramolecular Hbond substituents is 3. The van der Waals surface area contributed by atoms with Crippen LogP contribution in [-0.4, -0.2) is 129 Å². The fourth-order valence-corrected chi connectivity index (χ4v) is 4.54. The number of phenols is 3. The van der Waals surface area contributed by atoms with Crippen LogP contribution in [-0.2, 0) is 34.9 Å². The molecule has 4 rings (SSSR count). The molecule has 15 heteroatoms. The molecule has 8 N–H and O–H groups in total. The average Bonchev–Trinajstić information content (AvgIpc) is 3.29. The molecule has 2 heterocycles. The highest BCUT2D eigenvalue weighted by Crippen LogP contribution is 2.30. The van der Waals surface area contributed by atoms with Crippen molar-refractivity contribution in [1.82, 2.24) is 0 Å². The van der Waals surface area contributed by atoms with Gasteiger partial charge in [0, 0.05) is 6.08 Å². The lowest BCUT2D eigenvalue weighted by Crippen LogP contribution is -2.59. The maximum Gasteiger partial charge on any atom is 0.330 e. The molecule has 2 aromatic carbocycles. The molecule has 0 unspecified atom stereocenters. The van der Waals surface area contributed by atoms with E-state index in [1.54, 1.807) is 12.1 Å². The van der Waals surface area contributed by atoms with Crippen LogP contribution >= 0.6 is 0 Å². The molecule has 0 spiro atoms. The van der Waals surface area contributed by atoms with Crippen LogP contribution in [0.15, 0.2) is 42.5 Å². The molecule has 2 aliphatic rings. The third kappa shape index (κ3) is 7.95. The Morgan fingerprint density at radius 1 is 0.955 bits per heavy atom. The molecular formula is C29H36O15. The van der Waals surface area contributed by atoms with Gasteiger partial charge in [0.2, 0.25) is 0 Å². The molecule has 2 fully saturated rings. The zero-order valence-corrected chi connectivity index (χ0v) is 23.6. The first-order valence-electron chi connectivity index (χ1n) is 13.6. The number of methoxy groups -OCH3 is 1. The number of carbonyl (C=O) groups excluding carboxylic acids is 1. The second kappa shape index (κ2) is 14.5. The zero-order chi connectivity index (χ0) is 32.0. The lowest BCUT2D eigenvalue weighted by atomic mass is 9.99. The van der Waals surface area contributed by atoms with Gasteiger partial charge in [-0.3, -0.25) is 0 Å². The molecule has 44 heavy (non-hydrogen) atoms. The van der Waals surface area contributed by atoms with E-state index in [1.807, 2.05) is 0 Å². The third-order valence-electron chi connectivity index (χ3n) is 7.19. The van der Waals surface area contributed by atoms with Crippen LogP contribution in [0.4, 0.5) is 0 Å². The maximum absolute atomic E-state index is 12.2. The molecule has 0 radical (unpaired) electrons. The van der Waals surface area contributed by atoms with Crippen LogP contribution < -0.4 is 4.74 Å². The quantitative estimate of drug-likeness (QED) is 0.0795. The normalized spacial score (nSPS) is 30.5. The van der Waals surface area contributed by atoms with E-state index in [-0.39, 0.29) is 36.0 Å². The highest BCUT2D eigenvalue weighted by atomic mass is 16.7. The predicted molar refractivity (Wildman–Crippen MR) is 147 cm³/mol. The van der Waals surface area contributed by atoms with Gasteiger partial charge in [0.1, 0.15) is 37.1 Å². The summed E-state index contributed by atoms with van der Waals surface area (Å²) in [5.74, 6) is -1.30. The van der Waals surface area contributed by atoms with Crippen LogP contribution in [0.2, 0.25) is 0 Å². The predicted octanol–water partition coefficient (Wildman–Crippen LogP) is -1.10. The summed E-state index contributed by atoms with van der Waals surface area (Å²) in [5.41, 5.74) is -0.931. The number of carbonyl (C=O) groups is 1. The molecule has 0 aromatic heterocycles. The summed E-state index contributed by atoms with van der Waals surface area (Å²) in [7, 11) is 1.40. The summed E-state index contributed by atoms with van der Waals surface area (Å²) in [6.07, 6.45) is -7.88. The Balaban J connectivity index is 1.25. The van der Waals surface area contributed by atoms with Crippen molar-refractivity contribution in [3.8, 4) is 23.0 Å². The highest BCUT2D eigenvalue weighted by molar-refractivity contribution is 5.87. The Labute approximate surface area is 251 Å². The summed E-state index contributed by atoms with van der Waals surface area (Å²) in [6, 6.07) is 8.69. The molecule has 0 saturated carbocycles. The summed E-state index contributed by atoms with van der Waals surface area (Å²) < 4.78 is 31.9. The molecular weight excluding hydrogens is 588 g/mol. The van der Waals surface area contributed by atoms with E-state index in [9.17, 15) is 45.6 Å². The Hall–Kier alpha value is -3.51. The molecule has 2 saturated heterocycles. The van der Waals surface area contributed by atoms with Crippen LogP contribution in [0.5, 0.6) is 23.0 Å². The van der Waals surface area contributed by atoms with Crippen LogP contribution in [0.25, 0.3) is 6.08 Å². The van der Waals surface area contributed by atoms with E-state index in [1.165, 1.54) is 37.5 Å². The van der Waals surface area contributed by atoms with Gasteiger partial charge in [0.25, 0.3) is 0 Å². The molecule has 15 nitrogen and oxygen atoms in total. The maximum atomic E-state index is 12.2. The molecule has 242 valence electrons. The van der Waals surface area contributed by atoms with Crippen LogP contribution in [0.3, 0.4) is 0 Å². The highest BCUT2D eigenvalue weighted by Gasteiger charge is 2.51. The van der Waals surface area contributed by atoms with Crippen LogP contribution in [0.1, 0.15) is 11.1 Å². The fourth-order valence-electron chi connectivity index (χ4n) is 4.54. The van der Waals surface area contributed by atoms with Crippen molar-refractivity contribution in [1.29, 1.82) is 0 Å². The number of aromatic hydroxyl groups is 3. The summed E-state index contributed by atoms with van der Waals surface area (Å²) in [6.45, 7) is -1.58. The van der Waals surface area contributed by atoms with E-state index < -0.39 is 74.5 Å². The van der Waals surface area contributed by atoms with Crippen molar-refractivity contribution in [3.05, 3.63) is 53.6 Å². The van der Waals surface area contributed by atoms with Gasteiger partial charge in [-0.2, -0.15) is 0 Å². The lowest BCUT2D eigenvalue weighted by molar-refractivity contribution is -0.309. The molecule has 0 aliphatic carbocycles. The smallest absolute Gasteiger partial charge is 0.330 e. The molecule has 8 atom stereocenters. The van der Waals surface area contributed by atoms with E-state index in [2.05, 4.69) is 0 Å². The van der Waals surface area contributed by atoms with Gasteiger partial charge in [0.05, 0.1) is 26.9 Å². The van der Waals surface area contributed by atoms with Gasteiger partial charge in [-0.1, -0.05) is 12.1 Å². The van der Waals surface area contributed by atoms with Crippen molar-refractivity contribution >= 4 is 12.0 Å². The summed E-state index contributed by atoms with van der Waals surface area (Å²) >= 11 is 0. The van der Waals surface area contributed by atoms with E-state index in [0.717, 1.165) is 6.08 Å². The van der Waals surface area contributed by atoms with Gasteiger partial charge in [-0.25, -0.2) is 4.79 Å². The molecule has 0 amide bonds. The summed E-state index contributed by atoms with van der Waals surface area (Å²) in [4.78, 5) is 12.2. The largest absolute Gasteiger partial charge is 0.504 e. The first kappa shape index (κ1) is 33.4. The number of benzene rings is 2. The van der Waals surface area contributed by atoms with Gasteiger partial charge < -0.3 is 69.3 Å². The van der Waals surface area contributed by atoms with Crippen molar-refractivity contribution < 1.29 is 74.1 Å². The third-order valence-corrected chi connectivity index (χ3v) is 7.19. The number of esters is 1. The number of aliphatic hydroxyl groups excluding tert-OH is 4. The topological polar surface area (TPSA) is 234 Å². The van der Waals surface area contributed by atoms with Crippen LogP contribution in [0, 0.1) is 0 Å². The van der Waals surface area contributed by atoms with Gasteiger partial charge in [0.15, 0.2) is 41.2 Å². The number of ether oxygens (including phenoxy) is 6. The monoisotopic (exact) mass is 624 g/mol. The van der Waals surface area contributed by atoms with E-state index in [0.29, 0.717) is 11.1 Å². The first-order valence-corrected chi connectivity index (χ1v) is 13.6. The number of hydrogen-bond donors (Lipinski definition) is 8.